The predicted octanol–water partition coefficient (Wildman–Crippen LogP) is 2.94. The zero-order valence-electron chi connectivity index (χ0n) is 16.9. The van der Waals surface area contributed by atoms with Gasteiger partial charge in [0.2, 0.25) is 10.0 Å². The van der Waals surface area contributed by atoms with Crippen LogP contribution < -0.4 is 14.8 Å². The Morgan fingerprint density at radius 1 is 1.03 bits per heavy atom. The number of hydrogen-bond acceptors (Lipinski definition) is 4. The molecule has 149 valence electrons. The zero-order valence-corrected chi connectivity index (χ0v) is 19.7. The Balaban J connectivity index is 0.00000240. The third-order valence-electron chi connectivity index (χ3n) is 5.45. The van der Waals surface area contributed by atoms with Crippen LogP contribution >= 0.6 is 0 Å². The molecule has 0 saturated heterocycles. The van der Waals surface area contributed by atoms with E-state index in [0.29, 0.717) is 11.3 Å². The van der Waals surface area contributed by atoms with Crippen molar-refractivity contribution in [2.24, 2.45) is 0 Å². The van der Waals surface area contributed by atoms with Crippen molar-refractivity contribution in [3.63, 3.8) is 0 Å². The maximum absolute atomic E-state index is 12.5. The van der Waals surface area contributed by atoms with Crippen molar-refractivity contribution >= 4 is 51.3 Å². The zero-order chi connectivity index (χ0) is 19.7. The average molecular weight is 423 g/mol. The molecule has 4 rings (SSSR count). The van der Waals surface area contributed by atoms with Gasteiger partial charge in [0, 0.05) is 35.2 Å². The Morgan fingerprint density at radius 2 is 1.69 bits per heavy atom. The molecule has 2 aromatic carbocycles. The third-order valence-corrected chi connectivity index (χ3v) is 6.66. The quantitative estimate of drug-likeness (QED) is 0.725. The van der Waals surface area contributed by atoms with Gasteiger partial charge in [-0.05, 0) is 78.5 Å². The van der Waals surface area contributed by atoms with E-state index in [4.69, 9.17) is 4.74 Å². The van der Waals surface area contributed by atoms with Crippen LogP contribution in [0.25, 0.3) is 0 Å². The number of urea groups is 1. The van der Waals surface area contributed by atoms with Crippen LogP contribution in [-0.2, 0) is 41.5 Å². The summed E-state index contributed by atoms with van der Waals surface area (Å²) in [4.78, 5) is 12.5. The maximum atomic E-state index is 12.5. The molecule has 2 aliphatic carbocycles. The number of fused-ring (bicyclic) bond motifs is 2. The Labute approximate surface area is 193 Å². The van der Waals surface area contributed by atoms with Crippen LogP contribution in [0.3, 0.4) is 0 Å². The molecule has 29 heavy (non-hydrogen) atoms. The molecule has 8 heteroatoms. The van der Waals surface area contributed by atoms with Crippen molar-refractivity contribution in [2.75, 3.05) is 12.4 Å². The van der Waals surface area contributed by atoms with Crippen LogP contribution in [0.4, 0.5) is 10.5 Å². The van der Waals surface area contributed by atoms with Crippen LogP contribution in [0, 0.1) is 0 Å². The first-order valence-electron chi connectivity index (χ1n) is 9.56. The predicted molar refractivity (Wildman–Crippen MR) is 114 cm³/mol. The summed E-state index contributed by atoms with van der Waals surface area (Å²) in [5, 5.41) is 2.85. The molecule has 0 saturated carbocycles. The van der Waals surface area contributed by atoms with Crippen molar-refractivity contribution in [1.29, 1.82) is 0 Å². The number of ether oxygens (including phenoxy) is 1. The van der Waals surface area contributed by atoms with Gasteiger partial charge in [-0.2, -0.15) is 0 Å². The number of carbonyl (C=O) groups is 1. The molecule has 0 fully saturated rings. The summed E-state index contributed by atoms with van der Waals surface area (Å²) in [5.41, 5.74) is 6.30. The molecule has 1 radical (unpaired) electrons. The fraction of sp³-hybridized carbons (Fsp3) is 0.381. The number of nitrogens with one attached hydrogen (secondary N) is 2. The van der Waals surface area contributed by atoms with Gasteiger partial charge in [0.25, 0.3) is 0 Å². The van der Waals surface area contributed by atoms with Crippen LogP contribution in [-0.4, -0.2) is 51.1 Å². The number of methoxy groups -OCH3 is 1. The fourth-order valence-corrected chi connectivity index (χ4v) is 5.29. The fourth-order valence-electron chi connectivity index (χ4n) is 4.27. The molecule has 0 spiro atoms. The molecule has 0 aliphatic heterocycles. The van der Waals surface area contributed by atoms with Crippen molar-refractivity contribution in [1.82, 2.24) is 4.72 Å². The van der Waals surface area contributed by atoms with Gasteiger partial charge in [-0.3, -0.25) is 0 Å². The van der Waals surface area contributed by atoms with E-state index in [1.807, 2.05) is 0 Å². The number of carbonyl (C=O) groups excluding carboxylic acids is 1. The number of aryl methyl sites for hydroxylation is 2. The number of amides is 2. The molecular weight excluding hydrogens is 399 g/mol. The summed E-state index contributed by atoms with van der Waals surface area (Å²) < 4.78 is 32.2. The molecule has 0 unspecified atom stereocenters. The van der Waals surface area contributed by atoms with Gasteiger partial charge in [0.15, 0.2) is 0 Å². The Kier molecular flexibility index (Phi) is 6.94. The maximum Gasteiger partial charge on any atom is 0.332 e. The summed E-state index contributed by atoms with van der Waals surface area (Å²) in [7, 11) is -2.30. The monoisotopic (exact) mass is 423 g/mol. The number of anilines is 1. The number of hydrogen-bond donors (Lipinski definition) is 2. The van der Waals surface area contributed by atoms with Crippen molar-refractivity contribution < 1.29 is 17.9 Å². The van der Waals surface area contributed by atoms with Crippen molar-refractivity contribution in [3.05, 3.63) is 58.1 Å². The first-order chi connectivity index (χ1) is 13.4. The van der Waals surface area contributed by atoms with Gasteiger partial charge in [0.05, 0.1) is 12.9 Å². The smallest absolute Gasteiger partial charge is 0.332 e. The minimum Gasteiger partial charge on any atom is -0.497 e. The van der Waals surface area contributed by atoms with E-state index in [9.17, 15) is 13.2 Å². The molecule has 6 nitrogen and oxygen atoms in total. The number of sulfonamides is 1. The summed E-state index contributed by atoms with van der Waals surface area (Å²) in [6.07, 6.45) is 6.04. The first-order valence-corrected chi connectivity index (χ1v) is 11.2. The van der Waals surface area contributed by atoms with E-state index in [0.717, 1.165) is 44.2 Å². The van der Waals surface area contributed by atoms with Crippen LogP contribution in [0.15, 0.2) is 30.3 Å². The molecule has 0 atom stereocenters. The molecule has 0 aromatic heterocycles. The summed E-state index contributed by atoms with van der Waals surface area (Å²) in [5.74, 6) is 0.287. The van der Waals surface area contributed by atoms with E-state index in [1.54, 1.807) is 24.3 Å². The van der Waals surface area contributed by atoms with Gasteiger partial charge in [0.1, 0.15) is 5.75 Å². The largest absolute Gasteiger partial charge is 0.497 e. The second kappa shape index (κ2) is 9.08. The molecule has 0 heterocycles. The third kappa shape index (κ3) is 4.97. The minimum atomic E-state index is -3.82. The van der Waals surface area contributed by atoms with Crippen LogP contribution in [0.5, 0.6) is 5.75 Å². The summed E-state index contributed by atoms with van der Waals surface area (Å²) in [6.45, 7) is 0. The summed E-state index contributed by atoms with van der Waals surface area (Å²) in [6, 6.07) is 8.38. The van der Waals surface area contributed by atoms with Crippen LogP contribution in [0.2, 0.25) is 0 Å². The van der Waals surface area contributed by atoms with Crippen molar-refractivity contribution in [2.45, 2.75) is 44.3 Å². The van der Waals surface area contributed by atoms with Gasteiger partial charge in [-0.15, -0.1) is 0 Å². The normalized spacial score (nSPS) is 14.5. The summed E-state index contributed by atoms with van der Waals surface area (Å²) >= 11 is 0. The van der Waals surface area contributed by atoms with E-state index in [2.05, 4.69) is 16.1 Å². The number of benzene rings is 2. The molecular formula is C21H24N2NaO4S. The van der Waals surface area contributed by atoms with Gasteiger partial charge in [-0.25, -0.2) is 17.9 Å². The molecule has 2 aliphatic rings. The Morgan fingerprint density at radius 3 is 2.31 bits per heavy atom. The second-order valence-electron chi connectivity index (χ2n) is 7.40. The van der Waals surface area contributed by atoms with E-state index in [-0.39, 0.29) is 35.3 Å². The minimum absolute atomic E-state index is 0. The SMILES string of the molecule is COc1cccc(CS(=O)(=O)NC(=O)Nc2c3c(cc4c2CCC4)CCC3)c1.[Na]. The topological polar surface area (TPSA) is 84.5 Å². The molecule has 0 bridgehead atoms. The average Bonchev–Trinajstić information content (AvgIpc) is 3.29. The second-order valence-corrected chi connectivity index (χ2v) is 9.12. The molecule has 2 amide bonds. The van der Waals surface area contributed by atoms with E-state index in [1.165, 1.54) is 29.4 Å². The van der Waals surface area contributed by atoms with Crippen molar-refractivity contribution in [3.8, 4) is 5.75 Å². The van der Waals surface area contributed by atoms with Gasteiger partial charge in [-0.1, -0.05) is 18.2 Å². The molecule has 2 aromatic rings. The number of rotatable bonds is 5. The van der Waals surface area contributed by atoms with E-state index >= 15 is 0 Å². The Bertz CT molecular complexity index is 1000. The van der Waals surface area contributed by atoms with Crippen LogP contribution in [0.1, 0.15) is 40.7 Å². The van der Waals surface area contributed by atoms with E-state index < -0.39 is 16.1 Å². The molecule has 2 N–H and O–H groups in total. The van der Waals surface area contributed by atoms with Gasteiger partial charge >= 0.3 is 6.03 Å². The Hall–Kier alpha value is -1.54. The standard InChI is InChI=1S/C21H24N2O4S.Na/c1-27-17-8-2-5-14(11-17)13-28(25,26)23-21(24)22-20-18-9-3-6-15(18)12-16-7-4-10-19(16)20;/h2,5,8,11-12H,3-4,6-7,9-10,13H2,1H3,(H2,22,23,24);. The van der Waals surface area contributed by atoms with Gasteiger partial charge < -0.3 is 10.1 Å². The first kappa shape index (κ1) is 22.2.